The Hall–Kier alpha value is -2.59. The molecule has 0 radical (unpaired) electrons. The number of aromatic amines is 1. The minimum atomic E-state index is -3.84. The zero-order chi connectivity index (χ0) is 17.0. The Bertz CT molecular complexity index is 799. The number of anilines is 1. The van der Waals surface area contributed by atoms with Gasteiger partial charge in [0, 0.05) is 12.6 Å². The molecule has 23 heavy (non-hydrogen) atoms. The van der Waals surface area contributed by atoms with Gasteiger partial charge in [-0.05, 0) is 19.1 Å². The quantitative estimate of drug-likeness (QED) is 0.729. The van der Waals surface area contributed by atoms with Crippen LogP contribution in [0.15, 0.2) is 35.5 Å². The number of amides is 1. The summed E-state index contributed by atoms with van der Waals surface area (Å²) in [6, 6.07) is 5.52. The van der Waals surface area contributed by atoms with Gasteiger partial charge in [-0.1, -0.05) is 12.1 Å². The third-order valence-electron chi connectivity index (χ3n) is 3.01. The smallest absolute Gasteiger partial charge is 0.243 e. The lowest BCUT2D eigenvalue weighted by atomic mass is 10.2. The van der Waals surface area contributed by atoms with E-state index in [-0.39, 0.29) is 16.6 Å². The monoisotopic (exact) mass is 337 g/mol. The van der Waals surface area contributed by atoms with Crippen LogP contribution in [0.2, 0.25) is 0 Å². The van der Waals surface area contributed by atoms with Crippen molar-refractivity contribution in [3.63, 3.8) is 0 Å². The summed E-state index contributed by atoms with van der Waals surface area (Å²) in [4.78, 5) is 26.7. The highest BCUT2D eigenvalue weighted by molar-refractivity contribution is 7.89. The second-order valence-electron chi connectivity index (χ2n) is 4.72. The van der Waals surface area contributed by atoms with Gasteiger partial charge in [-0.3, -0.25) is 14.9 Å². The van der Waals surface area contributed by atoms with Crippen molar-refractivity contribution in [1.29, 1.82) is 0 Å². The molecule has 1 heterocycles. The highest BCUT2D eigenvalue weighted by Crippen LogP contribution is 2.15. The molecule has 1 amide bonds. The lowest BCUT2D eigenvalue weighted by molar-refractivity contribution is -0.116. The van der Waals surface area contributed by atoms with E-state index >= 15 is 0 Å². The Kier molecular flexibility index (Phi) is 4.86. The normalized spacial score (nSPS) is 11.4. The predicted molar refractivity (Wildman–Crippen MR) is 81.3 cm³/mol. The van der Waals surface area contributed by atoms with Crippen molar-refractivity contribution in [1.82, 2.24) is 19.5 Å². The first-order valence-electron chi connectivity index (χ1n) is 6.53. The van der Waals surface area contributed by atoms with Gasteiger partial charge in [-0.25, -0.2) is 13.5 Å². The average molecular weight is 337 g/mol. The van der Waals surface area contributed by atoms with Crippen LogP contribution in [0.5, 0.6) is 0 Å². The maximum Gasteiger partial charge on any atom is 0.243 e. The van der Waals surface area contributed by atoms with Crippen LogP contribution in [0.4, 0.5) is 5.95 Å². The number of likely N-dealkylation sites (N-methyl/N-ethyl adjacent to an activating group) is 1. The molecular weight excluding hydrogens is 322 g/mol. The summed E-state index contributed by atoms with van der Waals surface area (Å²) in [6.07, 6.45) is 1.21. The van der Waals surface area contributed by atoms with E-state index in [1.165, 1.54) is 44.6 Å². The molecule has 0 spiro atoms. The van der Waals surface area contributed by atoms with Crippen LogP contribution in [-0.2, 0) is 14.8 Å². The van der Waals surface area contributed by atoms with Crippen LogP contribution in [0, 0.1) is 0 Å². The number of carbonyl (C=O) groups is 2. The maximum absolute atomic E-state index is 12.4. The number of ketones is 1. The fourth-order valence-electron chi connectivity index (χ4n) is 1.77. The van der Waals surface area contributed by atoms with Crippen molar-refractivity contribution in [3.05, 3.63) is 36.2 Å². The number of benzene rings is 1. The molecule has 0 atom stereocenters. The zero-order valence-corrected chi connectivity index (χ0v) is 13.3. The van der Waals surface area contributed by atoms with E-state index in [4.69, 9.17) is 0 Å². The lowest BCUT2D eigenvalue weighted by Crippen LogP contribution is -2.35. The molecule has 9 nitrogen and oxygen atoms in total. The minimum Gasteiger partial charge on any atom is -0.295 e. The number of sulfonamides is 1. The van der Waals surface area contributed by atoms with Gasteiger partial charge >= 0.3 is 0 Å². The summed E-state index contributed by atoms with van der Waals surface area (Å²) >= 11 is 0. The summed E-state index contributed by atoms with van der Waals surface area (Å²) in [6.45, 7) is 1.00. The fourth-order valence-corrected chi connectivity index (χ4v) is 2.89. The van der Waals surface area contributed by atoms with E-state index in [1.54, 1.807) is 0 Å². The number of Topliss-reactive ketones (excluding diaryl/α,β-unsaturated/α-hetero) is 1. The van der Waals surface area contributed by atoms with E-state index in [0.29, 0.717) is 5.56 Å². The molecule has 10 heteroatoms. The van der Waals surface area contributed by atoms with E-state index in [2.05, 4.69) is 20.5 Å². The van der Waals surface area contributed by atoms with Gasteiger partial charge in [0.1, 0.15) is 6.33 Å². The number of H-pyrrole nitrogens is 1. The molecule has 0 aliphatic carbocycles. The van der Waals surface area contributed by atoms with Crippen LogP contribution in [0.25, 0.3) is 0 Å². The van der Waals surface area contributed by atoms with Gasteiger partial charge in [0.2, 0.25) is 21.9 Å². The van der Waals surface area contributed by atoms with Crippen LogP contribution in [0.1, 0.15) is 17.3 Å². The minimum absolute atomic E-state index is 0.00235. The van der Waals surface area contributed by atoms with Crippen LogP contribution in [0.3, 0.4) is 0 Å². The molecule has 0 saturated heterocycles. The van der Waals surface area contributed by atoms with Gasteiger partial charge in [-0.2, -0.15) is 14.4 Å². The second-order valence-corrected chi connectivity index (χ2v) is 6.77. The topological polar surface area (TPSA) is 125 Å². The molecule has 2 rings (SSSR count). The summed E-state index contributed by atoms with van der Waals surface area (Å²) in [5.41, 5.74) is 0.412. The maximum atomic E-state index is 12.4. The predicted octanol–water partition coefficient (Wildman–Crippen LogP) is 0.266. The molecule has 1 aromatic heterocycles. The Labute approximate surface area is 132 Å². The van der Waals surface area contributed by atoms with E-state index in [0.717, 1.165) is 4.31 Å². The Balaban J connectivity index is 2.08. The fraction of sp³-hybridized carbons (Fsp3) is 0.231. The van der Waals surface area contributed by atoms with Gasteiger partial charge < -0.3 is 0 Å². The third-order valence-corrected chi connectivity index (χ3v) is 4.83. The Morgan fingerprint density at radius 1 is 1.26 bits per heavy atom. The van der Waals surface area contributed by atoms with Crippen LogP contribution in [-0.4, -0.2) is 53.2 Å². The van der Waals surface area contributed by atoms with Crippen molar-refractivity contribution >= 4 is 27.7 Å². The van der Waals surface area contributed by atoms with E-state index in [1.807, 2.05) is 0 Å². The summed E-state index contributed by atoms with van der Waals surface area (Å²) in [5.74, 6) is -0.589. The molecular formula is C13H15N5O4S. The largest absolute Gasteiger partial charge is 0.295 e. The molecule has 0 aliphatic heterocycles. The van der Waals surface area contributed by atoms with Crippen molar-refractivity contribution in [2.45, 2.75) is 11.8 Å². The first-order valence-corrected chi connectivity index (χ1v) is 7.97. The lowest BCUT2D eigenvalue weighted by Gasteiger charge is -2.16. The highest BCUT2D eigenvalue weighted by atomic mass is 32.2. The van der Waals surface area contributed by atoms with Crippen LogP contribution < -0.4 is 5.32 Å². The van der Waals surface area contributed by atoms with Crippen LogP contribution >= 0.6 is 0 Å². The molecule has 0 aliphatic rings. The number of hydrogen-bond donors (Lipinski definition) is 2. The van der Waals surface area contributed by atoms with Gasteiger partial charge in [0.25, 0.3) is 0 Å². The van der Waals surface area contributed by atoms with Gasteiger partial charge in [0.15, 0.2) is 5.78 Å². The zero-order valence-electron chi connectivity index (χ0n) is 12.5. The number of nitrogens with one attached hydrogen (secondary N) is 2. The van der Waals surface area contributed by atoms with Crippen molar-refractivity contribution in [3.8, 4) is 0 Å². The molecule has 0 fully saturated rings. The van der Waals surface area contributed by atoms with Crippen molar-refractivity contribution in [2.24, 2.45) is 0 Å². The number of nitrogens with zero attached hydrogens (tertiary/aromatic N) is 3. The van der Waals surface area contributed by atoms with Crippen molar-refractivity contribution in [2.75, 3.05) is 18.9 Å². The average Bonchev–Trinajstić information content (AvgIpc) is 2.99. The molecule has 122 valence electrons. The number of rotatable bonds is 6. The third kappa shape index (κ3) is 3.99. The number of hydrogen-bond acceptors (Lipinski definition) is 6. The molecule has 1 aromatic carbocycles. The Morgan fingerprint density at radius 3 is 2.43 bits per heavy atom. The standard InChI is InChI=1S/C13H15N5O4S/c1-9(19)10-3-5-11(6-4-10)23(21,22)18(2)7-12(20)16-13-14-8-15-17-13/h3-6,8H,7H2,1-2H3,(H2,14,15,16,17,20). The van der Waals surface area contributed by atoms with Gasteiger partial charge in [-0.15, -0.1) is 0 Å². The highest BCUT2D eigenvalue weighted by Gasteiger charge is 2.23. The van der Waals surface area contributed by atoms with Gasteiger partial charge in [0.05, 0.1) is 11.4 Å². The summed E-state index contributed by atoms with van der Waals surface area (Å²) in [5, 5.41) is 8.38. The van der Waals surface area contributed by atoms with E-state index in [9.17, 15) is 18.0 Å². The van der Waals surface area contributed by atoms with Crippen molar-refractivity contribution < 1.29 is 18.0 Å². The molecule has 0 saturated carbocycles. The first kappa shape index (κ1) is 16.8. The Morgan fingerprint density at radius 2 is 1.91 bits per heavy atom. The summed E-state index contributed by atoms with van der Waals surface area (Å²) < 4.78 is 25.7. The SMILES string of the molecule is CC(=O)c1ccc(S(=O)(=O)N(C)CC(=O)Nc2ncn[nH]2)cc1. The first-order chi connectivity index (χ1) is 10.8. The van der Waals surface area contributed by atoms with E-state index < -0.39 is 22.5 Å². The molecule has 2 aromatic rings. The molecule has 0 bridgehead atoms. The molecule has 2 N–H and O–H groups in total. The summed E-state index contributed by atoms with van der Waals surface area (Å²) in [7, 11) is -2.55. The second kappa shape index (κ2) is 6.67. The number of carbonyl (C=O) groups excluding carboxylic acids is 2. The number of aromatic nitrogens is 3. The molecule has 0 unspecified atom stereocenters.